The SMILES string of the molecule is CP(C(C)(C)C)C(C)(C)C.CP(C(C)(C)C)C(C)(C)C.[C-]#[O+].[CH-]=C.[F][Ru+]. The molecule has 1 nitrogen and oxygen atoms in total. The van der Waals surface area contributed by atoms with Gasteiger partial charge in [0.1, 0.15) is 0 Å². The summed E-state index contributed by atoms with van der Waals surface area (Å²) in [5.41, 5.74) is 0. The molecule has 0 aromatic heterocycles. The molecule has 0 aliphatic heterocycles. The Kier molecular flexibility index (Phi) is 24.3. The van der Waals surface area contributed by atoms with Gasteiger partial charge in [0.15, 0.2) is 0 Å². The normalized spacial score (nSPS) is 11.5. The molecule has 0 aromatic rings. The van der Waals surface area contributed by atoms with Crippen LogP contribution in [0.2, 0.25) is 0 Å². The van der Waals surface area contributed by atoms with Gasteiger partial charge in [-0.25, -0.2) is 0 Å². The van der Waals surface area contributed by atoms with Crippen molar-refractivity contribution in [2.45, 2.75) is 104 Å². The Hall–Kier alpha value is 0.893. The van der Waals surface area contributed by atoms with Gasteiger partial charge in [-0.15, -0.1) is 0 Å². The molecule has 0 N–H and O–H groups in total. The molecule has 160 valence electrons. The minimum atomic E-state index is 0.137. The van der Waals surface area contributed by atoms with Crippen LogP contribution in [0.3, 0.4) is 0 Å². The van der Waals surface area contributed by atoms with Crippen LogP contribution in [0.15, 0.2) is 6.58 Å². The molecule has 0 unspecified atom stereocenters. The number of hydrogen-bond donors (Lipinski definition) is 0. The predicted octanol–water partition coefficient (Wildman–Crippen LogP) is 8.38. The molecule has 26 heavy (non-hydrogen) atoms. The fraction of sp³-hybridized carbons (Fsp3) is 0.857. The van der Waals surface area contributed by atoms with Crippen LogP contribution >= 0.6 is 15.8 Å². The van der Waals surface area contributed by atoms with Gasteiger partial charge in [0.25, 0.3) is 0 Å². The van der Waals surface area contributed by atoms with Crippen molar-refractivity contribution in [3.63, 3.8) is 0 Å². The van der Waals surface area contributed by atoms with E-state index >= 15 is 0 Å². The van der Waals surface area contributed by atoms with Crippen molar-refractivity contribution >= 4 is 15.8 Å². The first kappa shape index (κ1) is 37.6. The number of hydrogen-bond acceptors (Lipinski definition) is 0. The van der Waals surface area contributed by atoms with Crippen LogP contribution in [-0.2, 0) is 23.5 Å². The third-order valence-corrected chi connectivity index (χ3v) is 12.1. The van der Waals surface area contributed by atoms with E-state index in [1.165, 1.54) is 0 Å². The van der Waals surface area contributed by atoms with Gasteiger partial charge in [0.05, 0.1) is 0 Å². The fourth-order valence-corrected chi connectivity index (χ4v) is 6.04. The minimum absolute atomic E-state index is 0.137. The first-order valence-electron chi connectivity index (χ1n) is 8.53. The average Bonchev–Trinajstić information content (AvgIpc) is 2.49. The van der Waals surface area contributed by atoms with Crippen molar-refractivity contribution in [1.29, 1.82) is 0 Å². The Bertz CT molecular complexity index is 273. The molecule has 0 atom stereocenters. The number of halogens is 1. The van der Waals surface area contributed by atoms with E-state index in [4.69, 9.17) is 4.65 Å². The van der Waals surface area contributed by atoms with E-state index in [2.05, 4.69) is 116 Å². The molecule has 0 aliphatic rings. The summed E-state index contributed by atoms with van der Waals surface area (Å²) >= 11 is 0.850. The van der Waals surface area contributed by atoms with Gasteiger partial charge in [-0.05, 0) is 34.0 Å². The summed E-state index contributed by atoms with van der Waals surface area (Å²) < 4.78 is 16.9. The predicted molar refractivity (Wildman–Crippen MR) is 120 cm³/mol. The molecule has 0 saturated heterocycles. The average molecular weight is 496 g/mol. The number of rotatable bonds is 0. The Balaban J connectivity index is -0.0000000875. The molecule has 0 aromatic carbocycles. The molecule has 5 heteroatoms. The molecule has 0 aliphatic carbocycles. The summed E-state index contributed by atoms with van der Waals surface area (Å²) in [5.74, 6) is 0. The van der Waals surface area contributed by atoms with Gasteiger partial charge in [0, 0.05) is 0 Å². The molecule has 0 bridgehead atoms. The topological polar surface area (TPSA) is 19.9 Å². The summed E-state index contributed by atoms with van der Waals surface area (Å²) in [7, 11) is 0.275. The van der Waals surface area contributed by atoms with E-state index in [9.17, 15) is 3.32 Å². The third kappa shape index (κ3) is 22.9. The van der Waals surface area contributed by atoms with Gasteiger partial charge in [0.2, 0.25) is 0 Å². The van der Waals surface area contributed by atoms with E-state index in [-0.39, 0.29) is 15.8 Å². The molecule has 0 radical (unpaired) electrons. The van der Waals surface area contributed by atoms with E-state index in [0.29, 0.717) is 20.6 Å². The van der Waals surface area contributed by atoms with Crippen molar-refractivity contribution < 1.29 is 26.8 Å². The molecule has 0 amide bonds. The molecule has 0 heterocycles. The van der Waals surface area contributed by atoms with Gasteiger partial charge in [-0.2, -0.15) is 0 Å². The van der Waals surface area contributed by atoms with E-state index in [0.717, 1.165) is 18.8 Å². The Morgan fingerprint density at radius 2 is 0.692 bits per heavy atom. The Labute approximate surface area is 179 Å². The fourth-order valence-electron chi connectivity index (χ4n) is 2.01. The molecular weight excluding hydrogens is 450 g/mol. The van der Waals surface area contributed by atoms with Crippen LogP contribution in [0, 0.1) is 13.2 Å². The van der Waals surface area contributed by atoms with Crippen molar-refractivity contribution in [2.75, 3.05) is 13.3 Å². The third-order valence-electron chi connectivity index (χ3n) is 4.02. The van der Waals surface area contributed by atoms with Crippen LogP contribution in [-0.4, -0.2) is 34.0 Å². The van der Waals surface area contributed by atoms with Crippen LogP contribution in [0.4, 0.5) is 3.32 Å². The van der Waals surface area contributed by atoms with Crippen LogP contribution < -0.4 is 0 Å². The first-order valence-corrected chi connectivity index (χ1v) is 12.8. The Morgan fingerprint density at radius 3 is 0.692 bits per heavy atom. The zero-order valence-electron chi connectivity index (χ0n) is 19.8. The van der Waals surface area contributed by atoms with Crippen LogP contribution in [0.25, 0.3) is 0 Å². The summed E-state index contributed by atoms with van der Waals surface area (Å²) in [6.07, 6.45) is 0. The molecule has 0 fully saturated rings. The van der Waals surface area contributed by atoms with Crippen molar-refractivity contribution in [1.82, 2.24) is 0 Å². The molecule has 0 rings (SSSR count). The van der Waals surface area contributed by atoms with Gasteiger partial charge in [-0.3, -0.25) is 6.58 Å². The second-order valence-electron chi connectivity index (χ2n) is 9.80. The summed E-state index contributed by atoms with van der Waals surface area (Å²) in [6.45, 7) is 44.3. The summed E-state index contributed by atoms with van der Waals surface area (Å²) in [6, 6.07) is 0. The van der Waals surface area contributed by atoms with Crippen molar-refractivity contribution in [3.8, 4) is 0 Å². The molecule has 0 spiro atoms. The Morgan fingerprint density at radius 1 is 0.615 bits per heavy atom. The van der Waals surface area contributed by atoms with Crippen molar-refractivity contribution in [2.24, 2.45) is 0 Å². The van der Waals surface area contributed by atoms with Crippen molar-refractivity contribution in [3.05, 3.63) is 19.8 Å². The second kappa shape index (κ2) is 16.8. The zero-order valence-corrected chi connectivity index (χ0v) is 23.3. The maximum absolute atomic E-state index is 9.43. The monoisotopic (exact) mass is 496 g/mol. The van der Waals surface area contributed by atoms with E-state index in [1.54, 1.807) is 0 Å². The van der Waals surface area contributed by atoms with Gasteiger partial charge >= 0.3 is 33.4 Å². The van der Waals surface area contributed by atoms with Gasteiger partial charge in [-0.1, -0.05) is 98.9 Å². The summed E-state index contributed by atoms with van der Waals surface area (Å²) in [5, 5.41) is 2.03. The quantitative estimate of drug-likeness (QED) is 0.139. The van der Waals surface area contributed by atoms with Crippen LogP contribution in [0.5, 0.6) is 0 Å². The zero-order chi connectivity index (χ0) is 23.2. The molecular formula is C21H45FOP2Ru. The van der Waals surface area contributed by atoms with E-state index < -0.39 is 0 Å². The standard InChI is InChI=1S/2C9H21P.C2H3.CO.FH.Ru/c2*1-8(2,3)10(7)9(4,5)6;2*1-2;;/h2*1-7H3;1H,2H2;;1H;/q;;-1;;;+2/p-1. The summed E-state index contributed by atoms with van der Waals surface area (Å²) in [4.78, 5) is 0. The van der Waals surface area contributed by atoms with E-state index in [1.807, 2.05) is 0 Å². The van der Waals surface area contributed by atoms with Crippen LogP contribution in [0.1, 0.15) is 83.1 Å². The van der Waals surface area contributed by atoms with Gasteiger partial charge < -0.3 is 6.58 Å². The molecule has 0 saturated carbocycles. The second-order valence-corrected chi connectivity index (χ2v) is 17.4. The maximum atomic E-state index is 9.43. The first-order chi connectivity index (χ1) is 11.3.